The minimum atomic E-state index is 0.659. The van der Waals surface area contributed by atoms with E-state index >= 15 is 0 Å². The van der Waals surface area contributed by atoms with Crippen LogP contribution in [0.15, 0.2) is 12.4 Å². The SMILES string of the molecule is CCCNc1cc(N2CCC(N(CC)CC)C2)ncn1. The van der Waals surface area contributed by atoms with Crippen molar-refractivity contribution in [3.63, 3.8) is 0 Å². The lowest BCUT2D eigenvalue weighted by Crippen LogP contribution is -2.37. The molecule has 1 aliphatic heterocycles. The van der Waals surface area contributed by atoms with Gasteiger partial charge in [0.1, 0.15) is 18.0 Å². The first-order valence-electron chi connectivity index (χ1n) is 7.83. The quantitative estimate of drug-likeness (QED) is 0.828. The predicted molar refractivity (Wildman–Crippen MR) is 84.4 cm³/mol. The van der Waals surface area contributed by atoms with Crippen LogP contribution in [0, 0.1) is 0 Å². The van der Waals surface area contributed by atoms with Crippen LogP contribution in [0.25, 0.3) is 0 Å². The maximum Gasteiger partial charge on any atom is 0.134 e. The highest BCUT2D eigenvalue weighted by atomic mass is 15.3. The highest BCUT2D eigenvalue weighted by Gasteiger charge is 2.27. The molecule has 1 aromatic heterocycles. The Morgan fingerprint density at radius 1 is 1.30 bits per heavy atom. The van der Waals surface area contributed by atoms with Crippen molar-refractivity contribution in [3.05, 3.63) is 12.4 Å². The molecule has 1 atom stereocenters. The molecule has 0 bridgehead atoms. The lowest BCUT2D eigenvalue weighted by Gasteiger charge is -2.26. The molecule has 1 aromatic rings. The third-order valence-electron chi connectivity index (χ3n) is 4.02. The van der Waals surface area contributed by atoms with Gasteiger partial charge in [0.2, 0.25) is 0 Å². The Labute approximate surface area is 122 Å². The topological polar surface area (TPSA) is 44.3 Å². The van der Waals surface area contributed by atoms with Gasteiger partial charge in [-0.15, -0.1) is 0 Å². The van der Waals surface area contributed by atoms with Crippen LogP contribution < -0.4 is 10.2 Å². The van der Waals surface area contributed by atoms with Crippen molar-refractivity contribution in [2.75, 3.05) is 42.9 Å². The van der Waals surface area contributed by atoms with Gasteiger partial charge in [0, 0.05) is 31.7 Å². The molecule has 0 aromatic carbocycles. The highest BCUT2D eigenvalue weighted by molar-refractivity contribution is 5.49. The van der Waals surface area contributed by atoms with E-state index in [-0.39, 0.29) is 0 Å². The maximum absolute atomic E-state index is 4.43. The van der Waals surface area contributed by atoms with Crippen molar-refractivity contribution in [3.8, 4) is 0 Å². The first-order valence-corrected chi connectivity index (χ1v) is 7.83. The molecular formula is C15H27N5. The molecule has 2 heterocycles. The number of nitrogens with one attached hydrogen (secondary N) is 1. The zero-order chi connectivity index (χ0) is 14.4. The molecule has 5 nitrogen and oxygen atoms in total. The second-order valence-corrected chi connectivity index (χ2v) is 5.30. The molecule has 112 valence electrons. The van der Waals surface area contributed by atoms with Crippen LogP contribution in [-0.4, -0.2) is 53.6 Å². The molecule has 0 saturated carbocycles. The number of hydrogen-bond donors (Lipinski definition) is 1. The van der Waals surface area contributed by atoms with E-state index in [4.69, 9.17) is 0 Å². The molecule has 5 heteroatoms. The molecule has 1 N–H and O–H groups in total. The highest BCUT2D eigenvalue weighted by Crippen LogP contribution is 2.22. The van der Waals surface area contributed by atoms with Crippen LogP contribution in [0.2, 0.25) is 0 Å². The van der Waals surface area contributed by atoms with E-state index in [0.717, 1.165) is 50.8 Å². The molecule has 1 unspecified atom stereocenters. The molecule has 0 spiro atoms. The fraction of sp³-hybridized carbons (Fsp3) is 0.733. The van der Waals surface area contributed by atoms with Crippen LogP contribution in [0.4, 0.5) is 11.6 Å². The van der Waals surface area contributed by atoms with Gasteiger partial charge in [-0.25, -0.2) is 9.97 Å². The third kappa shape index (κ3) is 3.60. The van der Waals surface area contributed by atoms with Crippen molar-refractivity contribution < 1.29 is 0 Å². The molecule has 20 heavy (non-hydrogen) atoms. The Hall–Kier alpha value is -1.36. The van der Waals surface area contributed by atoms with E-state index in [2.05, 4.69) is 51.9 Å². The van der Waals surface area contributed by atoms with E-state index in [1.165, 1.54) is 6.42 Å². The fourth-order valence-corrected chi connectivity index (χ4v) is 2.86. The van der Waals surface area contributed by atoms with Gasteiger partial charge < -0.3 is 10.2 Å². The summed E-state index contributed by atoms with van der Waals surface area (Å²) in [6.07, 6.45) is 3.99. The van der Waals surface area contributed by atoms with Crippen LogP contribution in [0.1, 0.15) is 33.6 Å². The molecule has 1 saturated heterocycles. The van der Waals surface area contributed by atoms with Gasteiger partial charge in [0.05, 0.1) is 0 Å². The Bertz CT molecular complexity index is 405. The average Bonchev–Trinajstić information content (AvgIpc) is 2.96. The average molecular weight is 277 g/mol. The largest absolute Gasteiger partial charge is 0.370 e. The van der Waals surface area contributed by atoms with Crippen molar-refractivity contribution in [1.29, 1.82) is 0 Å². The normalized spacial score (nSPS) is 18.8. The number of nitrogens with zero attached hydrogens (tertiary/aromatic N) is 4. The first-order chi connectivity index (χ1) is 9.78. The van der Waals surface area contributed by atoms with E-state index in [1.807, 2.05) is 0 Å². The van der Waals surface area contributed by atoms with Crippen molar-refractivity contribution >= 4 is 11.6 Å². The Kier molecular flexibility index (Phi) is 5.59. The molecule has 0 amide bonds. The third-order valence-corrected chi connectivity index (χ3v) is 4.02. The van der Waals surface area contributed by atoms with E-state index in [0.29, 0.717) is 6.04 Å². The number of likely N-dealkylation sites (N-methyl/N-ethyl adjacent to an activating group) is 1. The molecule has 0 aliphatic carbocycles. The van der Waals surface area contributed by atoms with Gasteiger partial charge >= 0.3 is 0 Å². The van der Waals surface area contributed by atoms with E-state index in [1.54, 1.807) is 6.33 Å². The maximum atomic E-state index is 4.43. The van der Waals surface area contributed by atoms with E-state index < -0.39 is 0 Å². The van der Waals surface area contributed by atoms with Gasteiger partial charge in [-0.3, -0.25) is 4.90 Å². The number of hydrogen-bond acceptors (Lipinski definition) is 5. The fourth-order valence-electron chi connectivity index (χ4n) is 2.86. The minimum Gasteiger partial charge on any atom is -0.370 e. The Morgan fingerprint density at radius 2 is 2.10 bits per heavy atom. The summed E-state index contributed by atoms with van der Waals surface area (Å²) in [5.74, 6) is 1.98. The smallest absolute Gasteiger partial charge is 0.134 e. The number of rotatable bonds is 7. The number of anilines is 2. The lowest BCUT2D eigenvalue weighted by atomic mass is 10.2. The van der Waals surface area contributed by atoms with Gasteiger partial charge in [0.25, 0.3) is 0 Å². The zero-order valence-corrected chi connectivity index (χ0v) is 13.0. The van der Waals surface area contributed by atoms with Crippen LogP contribution >= 0.6 is 0 Å². The predicted octanol–water partition coefficient (Wildman–Crippen LogP) is 2.22. The Balaban J connectivity index is 1.98. The van der Waals surface area contributed by atoms with Gasteiger partial charge in [-0.05, 0) is 25.9 Å². The van der Waals surface area contributed by atoms with Crippen molar-refractivity contribution in [2.45, 2.75) is 39.7 Å². The summed E-state index contributed by atoms with van der Waals surface area (Å²) in [5, 5.41) is 3.33. The zero-order valence-electron chi connectivity index (χ0n) is 13.0. The van der Waals surface area contributed by atoms with Crippen molar-refractivity contribution in [2.24, 2.45) is 0 Å². The molecular weight excluding hydrogens is 250 g/mol. The lowest BCUT2D eigenvalue weighted by molar-refractivity contribution is 0.232. The monoisotopic (exact) mass is 277 g/mol. The summed E-state index contributed by atoms with van der Waals surface area (Å²) in [7, 11) is 0. The van der Waals surface area contributed by atoms with Crippen molar-refractivity contribution in [1.82, 2.24) is 14.9 Å². The standard InChI is InChI=1S/C15H27N5/c1-4-8-16-14-10-15(18-12-17-14)20-9-7-13(11-20)19(5-2)6-3/h10,12-13H,4-9,11H2,1-3H3,(H,16,17,18). The van der Waals surface area contributed by atoms with Crippen LogP contribution in [0.5, 0.6) is 0 Å². The molecule has 1 fully saturated rings. The second-order valence-electron chi connectivity index (χ2n) is 5.30. The molecule has 2 rings (SSSR count). The summed E-state index contributed by atoms with van der Waals surface area (Å²) < 4.78 is 0. The van der Waals surface area contributed by atoms with E-state index in [9.17, 15) is 0 Å². The van der Waals surface area contributed by atoms with Gasteiger partial charge in [-0.1, -0.05) is 20.8 Å². The summed E-state index contributed by atoms with van der Waals surface area (Å²) in [4.78, 5) is 13.6. The first kappa shape index (κ1) is 15.0. The summed E-state index contributed by atoms with van der Waals surface area (Å²) in [6.45, 7) is 12.0. The Morgan fingerprint density at radius 3 is 2.80 bits per heavy atom. The van der Waals surface area contributed by atoms with Crippen LogP contribution in [0.3, 0.4) is 0 Å². The van der Waals surface area contributed by atoms with Gasteiger partial charge in [0.15, 0.2) is 0 Å². The summed E-state index contributed by atoms with van der Waals surface area (Å²) in [5.41, 5.74) is 0. The summed E-state index contributed by atoms with van der Waals surface area (Å²) in [6, 6.07) is 2.73. The van der Waals surface area contributed by atoms with Crippen LogP contribution in [-0.2, 0) is 0 Å². The minimum absolute atomic E-state index is 0.659. The molecule has 1 aliphatic rings. The second kappa shape index (κ2) is 7.43. The summed E-state index contributed by atoms with van der Waals surface area (Å²) >= 11 is 0. The van der Waals surface area contributed by atoms with Gasteiger partial charge in [-0.2, -0.15) is 0 Å². The number of aromatic nitrogens is 2. The molecule has 0 radical (unpaired) electrons.